The van der Waals surface area contributed by atoms with Crippen LogP contribution >= 0.6 is 7.60 Å². The SMILES string of the molecule is CCCCCCCCCCCCOP(=O)(CCCCCCCCCC)OCCCCCCCCCCCC. The van der Waals surface area contributed by atoms with Crippen molar-refractivity contribution in [2.75, 3.05) is 19.4 Å². The summed E-state index contributed by atoms with van der Waals surface area (Å²) in [5.74, 6) is 0. The lowest BCUT2D eigenvalue weighted by Crippen LogP contribution is -2.04. The van der Waals surface area contributed by atoms with E-state index in [9.17, 15) is 4.57 Å². The van der Waals surface area contributed by atoms with Crippen molar-refractivity contribution in [1.82, 2.24) is 0 Å². The lowest BCUT2D eigenvalue weighted by Gasteiger charge is -2.19. The summed E-state index contributed by atoms with van der Waals surface area (Å²) in [5, 5.41) is 0. The summed E-state index contributed by atoms with van der Waals surface area (Å²) in [5.41, 5.74) is 0. The van der Waals surface area contributed by atoms with Gasteiger partial charge in [-0.1, -0.05) is 181 Å². The highest BCUT2D eigenvalue weighted by molar-refractivity contribution is 7.53. The molecule has 0 bridgehead atoms. The second-order valence-electron chi connectivity index (χ2n) is 11.8. The summed E-state index contributed by atoms with van der Waals surface area (Å²) in [7, 11) is -2.94. The first-order valence-electron chi connectivity index (χ1n) is 17.6. The van der Waals surface area contributed by atoms with Gasteiger partial charge in [0.15, 0.2) is 0 Å². The van der Waals surface area contributed by atoms with Gasteiger partial charge in [0.1, 0.15) is 0 Å². The second-order valence-corrected chi connectivity index (χ2v) is 14.0. The van der Waals surface area contributed by atoms with Crippen molar-refractivity contribution >= 4 is 7.60 Å². The van der Waals surface area contributed by atoms with Crippen LogP contribution in [-0.2, 0) is 13.6 Å². The molecule has 0 saturated heterocycles. The fraction of sp³-hybridized carbons (Fsp3) is 1.00. The summed E-state index contributed by atoms with van der Waals surface area (Å²) in [6, 6.07) is 0. The molecule has 0 aromatic heterocycles. The van der Waals surface area contributed by atoms with Gasteiger partial charge < -0.3 is 9.05 Å². The molecule has 0 amide bonds. The molecule has 0 unspecified atom stereocenters. The largest absolute Gasteiger partial charge is 0.330 e. The Bertz CT molecular complexity index is 452. The smallest absolute Gasteiger partial charge is 0.309 e. The zero-order valence-corrected chi connectivity index (χ0v) is 27.5. The van der Waals surface area contributed by atoms with Gasteiger partial charge >= 0.3 is 7.60 Å². The first-order chi connectivity index (χ1) is 18.7. The average molecular weight is 559 g/mol. The quantitative estimate of drug-likeness (QED) is 0.0593. The topological polar surface area (TPSA) is 35.5 Å². The minimum atomic E-state index is -2.94. The minimum absolute atomic E-state index is 0.600. The monoisotopic (exact) mass is 559 g/mol. The number of hydrogen-bond donors (Lipinski definition) is 0. The maximum Gasteiger partial charge on any atom is 0.330 e. The molecule has 0 atom stereocenters. The Morgan fingerprint density at radius 1 is 0.342 bits per heavy atom. The molecule has 4 heteroatoms. The summed E-state index contributed by atoms with van der Waals surface area (Å²) in [6.45, 7) is 8.02. The third kappa shape index (κ3) is 29.1. The van der Waals surface area contributed by atoms with E-state index in [0.29, 0.717) is 19.4 Å². The standard InChI is InChI=1S/C34H71O3P/c1-4-7-10-13-16-19-21-23-26-29-32-36-38(35,34-31-28-25-18-15-12-9-6-3)37-33-30-27-24-22-20-17-14-11-8-5-2/h4-34H2,1-3H3. The summed E-state index contributed by atoms with van der Waals surface area (Å²) in [4.78, 5) is 0. The molecular weight excluding hydrogens is 487 g/mol. The van der Waals surface area contributed by atoms with E-state index in [4.69, 9.17) is 9.05 Å². The van der Waals surface area contributed by atoms with Crippen LogP contribution in [0.2, 0.25) is 0 Å². The first-order valence-corrected chi connectivity index (χ1v) is 19.3. The van der Waals surface area contributed by atoms with Crippen LogP contribution in [0.25, 0.3) is 0 Å². The fourth-order valence-electron chi connectivity index (χ4n) is 5.19. The Morgan fingerprint density at radius 2 is 0.579 bits per heavy atom. The molecule has 0 aliphatic carbocycles. The molecule has 0 aliphatic rings. The summed E-state index contributed by atoms with van der Waals surface area (Å²) < 4.78 is 25.4. The maximum absolute atomic E-state index is 13.5. The second kappa shape index (κ2) is 31.7. The molecule has 0 radical (unpaired) electrons. The minimum Gasteiger partial charge on any atom is -0.309 e. The average Bonchev–Trinajstić information content (AvgIpc) is 2.92. The predicted octanol–water partition coefficient (Wildman–Crippen LogP) is 13.2. The van der Waals surface area contributed by atoms with Crippen LogP contribution < -0.4 is 0 Å². The number of hydrogen-bond acceptors (Lipinski definition) is 3. The molecule has 0 heterocycles. The van der Waals surface area contributed by atoms with Crippen molar-refractivity contribution in [2.45, 2.75) is 201 Å². The van der Waals surface area contributed by atoms with E-state index in [1.807, 2.05) is 0 Å². The zero-order chi connectivity index (χ0) is 27.8. The van der Waals surface area contributed by atoms with Gasteiger partial charge in [0.2, 0.25) is 0 Å². The Kier molecular flexibility index (Phi) is 31.8. The van der Waals surface area contributed by atoms with Gasteiger partial charge in [0.25, 0.3) is 0 Å². The molecule has 3 nitrogen and oxygen atoms in total. The van der Waals surface area contributed by atoms with Gasteiger partial charge in [0.05, 0.1) is 19.4 Å². The number of unbranched alkanes of at least 4 members (excludes halogenated alkanes) is 25. The Balaban J connectivity index is 4.04. The van der Waals surface area contributed by atoms with Crippen LogP contribution in [-0.4, -0.2) is 19.4 Å². The van der Waals surface area contributed by atoms with Gasteiger partial charge in [-0.3, -0.25) is 4.57 Å². The third-order valence-electron chi connectivity index (χ3n) is 7.86. The lowest BCUT2D eigenvalue weighted by molar-refractivity contribution is 0.197. The normalized spacial score (nSPS) is 12.0. The van der Waals surface area contributed by atoms with Crippen molar-refractivity contribution < 1.29 is 13.6 Å². The first kappa shape index (κ1) is 38.1. The van der Waals surface area contributed by atoms with Crippen molar-refractivity contribution in [3.8, 4) is 0 Å². The lowest BCUT2D eigenvalue weighted by atomic mass is 10.1. The predicted molar refractivity (Wildman–Crippen MR) is 171 cm³/mol. The molecule has 0 N–H and O–H groups in total. The summed E-state index contributed by atoms with van der Waals surface area (Å²) >= 11 is 0. The molecule has 0 fully saturated rings. The van der Waals surface area contributed by atoms with Gasteiger partial charge in [-0.25, -0.2) is 0 Å². The molecule has 230 valence electrons. The van der Waals surface area contributed by atoms with E-state index in [1.54, 1.807) is 0 Å². The van der Waals surface area contributed by atoms with E-state index < -0.39 is 7.60 Å². The van der Waals surface area contributed by atoms with Gasteiger partial charge in [-0.05, 0) is 19.3 Å². The van der Waals surface area contributed by atoms with Crippen LogP contribution in [0.3, 0.4) is 0 Å². The molecule has 0 spiro atoms. The Morgan fingerprint density at radius 3 is 0.868 bits per heavy atom. The van der Waals surface area contributed by atoms with Crippen LogP contribution in [0.15, 0.2) is 0 Å². The molecule has 0 aliphatic heterocycles. The highest BCUT2D eigenvalue weighted by Gasteiger charge is 2.23. The molecule has 0 saturated carbocycles. The van der Waals surface area contributed by atoms with E-state index in [1.165, 1.54) is 154 Å². The van der Waals surface area contributed by atoms with Gasteiger partial charge in [0, 0.05) is 0 Å². The summed E-state index contributed by atoms with van der Waals surface area (Å²) in [6.07, 6.45) is 36.8. The Labute approximate surface area is 240 Å². The maximum atomic E-state index is 13.5. The van der Waals surface area contributed by atoms with Gasteiger partial charge in [-0.15, -0.1) is 0 Å². The van der Waals surface area contributed by atoms with Crippen molar-refractivity contribution in [1.29, 1.82) is 0 Å². The van der Waals surface area contributed by atoms with Crippen molar-refractivity contribution in [3.63, 3.8) is 0 Å². The van der Waals surface area contributed by atoms with E-state index >= 15 is 0 Å². The van der Waals surface area contributed by atoms with Crippen molar-refractivity contribution in [3.05, 3.63) is 0 Å². The molecular formula is C34H71O3P. The van der Waals surface area contributed by atoms with Crippen molar-refractivity contribution in [2.24, 2.45) is 0 Å². The Hall–Kier alpha value is 0.150. The van der Waals surface area contributed by atoms with Crippen LogP contribution in [0.1, 0.15) is 201 Å². The molecule has 0 rings (SSSR count). The highest BCUT2D eigenvalue weighted by atomic mass is 31.2. The molecule has 0 aromatic carbocycles. The van der Waals surface area contributed by atoms with E-state index in [2.05, 4.69) is 20.8 Å². The van der Waals surface area contributed by atoms with E-state index in [0.717, 1.165) is 25.7 Å². The number of rotatable bonds is 33. The van der Waals surface area contributed by atoms with Crippen LogP contribution in [0, 0.1) is 0 Å². The van der Waals surface area contributed by atoms with Crippen LogP contribution in [0.4, 0.5) is 0 Å². The fourth-order valence-corrected chi connectivity index (χ4v) is 6.95. The highest BCUT2D eigenvalue weighted by Crippen LogP contribution is 2.49. The molecule has 0 aromatic rings. The zero-order valence-electron chi connectivity index (χ0n) is 26.6. The van der Waals surface area contributed by atoms with Gasteiger partial charge in [-0.2, -0.15) is 0 Å². The van der Waals surface area contributed by atoms with E-state index in [-0.39, 0.29) is 0 Å². The third-order valence-corrected chi connectivity index (χ3v) is 9.87. The molecule has 38 heavy (non-hydrogen) atoms. The van der Waals surface area contributed by atoms with Crippen LogP contribution in [0.5, 0.6) is 0 Å².